The topological polar surface area (TPSA) is 56.6 Å². The molecule has 1 fully saturated rings. The maximum absolute atomic E-state index is 11.4. The number of ether oxygens (including phenoxy) is 2. The van der Waals surface area contributed by atoms with Crippen LogP contribution in [0.15, 0.2) is 4.47 Å². The molecule has 1 saturated heterocycles. The van der Waals surface area contributed by atoms with E-state index >= 15 is 0 Å². The minimum Gasteiger partial charge on any atom is -0.469 e. The van der Waals surface area contributed by atoms with Crippen LogP contribution in [-0.4, -0.2) is 53.6 Å². The molecule has 0 amide bonds. The van der Waals surface area contributed by atoms with Gasteiger partial charge in [-0.3, -0.25) is 14.4 Å². The van der Waals surface area contributed by atoms with Gasteiger partial charge in [0, 0.05) is 26.2 Å². The van der Waals surface area contributed by atoms with Crippen LogP contribution < -0.4 is 0 Å². The van der Waals surface area contributed by atoms with Gasteiger partial charge < -0.3 is 9.47 Å². The molecule has 0 radical (unpaired) electrons. The quantitative estimate of drug-likeness (QED) is 0.749. The third-order valence-electron chi connectivity index (χ3n) is 3.67. The fourth-order valence-electron chi connectivity index (χ4n) is 2.55. The summed E-state index contributed by atoms with van der Waals surface area (Å²) in [6.07, 6.45) is 0.212. The molecule has 1 aliphatic rings. The van der Waals surface area contributed by atoms with Gasteiger partial charge >= 0.3 is 5.97 Å². The molecule has 21 heavy (non-hydrogen) atoms. The molecule has 0 saturated carbocycles. The molecular formula is C14H22BrN3O3. The van der Waals surface area contributed by atoms with Gasteiger partial charge in [-0.2, -0.15) is 5.10 Å². The number of rotatable bonds is 5. The summed E-state index contributed by atoms with van der Waals surface area (Å²) in [4.78, 5) is 13.7. The zero-order chi connectivity index (χ0) is 15.4. The third-order valence-corrected chi connectivity index (χ3v) is 4.70. The predicted molar refractivity (Wildman–Crippen MR) is 82.0 cm³/mol. The third kappa shape index (κ3) is 4.05. The molecule has 0 aliphatic carbocycles. The summed E-state index contributed by atoms with van der Waals surface area (Å²) >= 11 is 3.62. The first-order valence-corrected chi connectivity index (χ1v) is 7.97. The number of methoxy groups -OCH3 is 1. The molecule has 6 nitrogen and oxygen atoms in total. The van der Waals surface area contributed by atoms with Crippen molar-refractivity contribution in [2.75, 3.05) is 26.8 Å². The smallest absolute Gasteiger partial charge is 0.308 e. The lowest BCUT2D eigenvalue weighted by Crippen LogP contribution is -2.43. The summed E-state index contributed by atoms with van der Waals surface area (Å²) in [6, 6.07) is 0. The van der Waals surface area contributed by atoms with Crippen LogP contribution in [0.1, 0.15) is 24.7 Å². The van der Waals surface area contributed by atoms with Crippen molar-refractivity contribution in [3.63, 3.8) is 0 Å². The minimum absolute atomic E-state index is 0.0935. The van der Waals surface area contributed by atoms with E-state index in [0.29, 0.717) is 13.0 Å². The molecule has 1 aromatic heterocycles. The molecule has 0 aromatic carbocycles. The van der Waals surface area contributed by atoms with Crippen molar-refractivity contribution in [1.82, 2.24) is 14.7 Å². The van der Waals surface area contributed by atoms with Gasteiger partial charge in [0.25, 0.3) is 0 Å². The summed E-state index contributed by atoms with van der Waals surface area (Å²) in [7, 11) is 1.41. The van der Waals surface area contributed by atoms with Crippen LogP contribution in [0.3, 0.4) is 0 Å². The van der Waals surface area contributed by atoms with Crippen LogP contribution in [0.4, 0.5) is 0 Å². The SMILES string of the molecule is CCn1nc(C)c(Br)c1CN1CCOC(CC(=O)OC)C1. The van der Waals surface area contributed by atoms with Crippen molar-refractivity contribution in [2.24, 2.45) is 0 Å². The predicted octanol–water partition coefficient (Wildman–Crippen LogP) is 1.74. The van der Waals surface area contributed by atoms with Crippen molar-refractivity contribution < 1.29 is 14.3 Å². The average molecular weight is 360 g/mol. The van der Waals surface area contributed by atoms with Crippen molar-refractivity contribution in [1.29, 1.82) is 0 Å². The molecule has 118 valence electrons. The number of esters is 1. The lowest BCUT2D eigenvalue weighted by atomic mass is 10.2. The van der Waals surface area contributed by atoms with Crippen LogP contribution in [-0.2, 0) is 27.4 Å². The zero-order valence-corrected chi connectivity index (χ0v) is 14.4. The number of aromatic nitrogens is 2. The molecule has 0 bridgehead atoms. The van der Waals surface area contributed by atoms with E-state index in [1.165, 1.54) is 12.8 Å². The molecule has 7 heteroatoms. The van der Waals surface area contributed by atoms with E-state index in [2.05, 4.69) is 32.9 Å². The second-order valence-corrected chi connectivity index (χ2v) is 5.96. The molecule has 1 unspecified atom stereocenters. The Morgan fingerprint density at radius 2 is 2.33 bits per heavy atom. The molecule has 1 aliphatic heterocycles. The second-order valence-electron chi connectivity index (χ2n) is 5.17. The molecule has 1 atom stereocenters. The van der Waals surface area contributed by atoms with Crippen LogP contribution in [0.25, 0.3) is 0 Å². The van der Waals surface area contributed by atoms with Crippen LogP contribution in [0.2, 0.25) is 0 Å². The highest BCUT2D eigenvalue weighted by molar-refractivity contribution is 9.10. The Morgan fingerprint density at radius 3 is 3.00 bits per heavy atom. The first kappa shape index (κ1) is 16.5. The van der Waals surface area contributed by atoms with Crippen molar-refractivity contribution >= 4 is 21.9 Å². The first-order valence-electron chi connectivity index (χ1n) is 7.17. The molecule has 0 N–H and O–H groups in total. The van der Waals surface area contributed by atoms with Gasteiger partial charge in [0.05, 0.1) is 42.1 Å². The zero-order valence-electron chi connectivity index (χ0n) is 12.8. The highest BCUT2D eigenvalue weighted by atomic mass is 79.9. The van der Waals surface area contributed by atoms with Gasteiger partial charge in [-0.25, -0.2) is 0 Å². The summed E-state index contributed by atoms with van der Waals surface area (Å²) < 4.78 is 13.4. The Hall–Kier alpha value is -0.920. The normalized spacial score (nSPS) is 19.7. The fourth-order valence-corrected chi connectivity index (χ4v) is 2.96. The number of morpholine rings is 1. The number of nitrogens with zero attached hydrogens (tertiary/aromatic N) is 3. The van der Waals surface area contributed by atoms with Gasteiger partial charge in [-0.15, -0.1) is 0 Å². The van der Waals surface area contributed by atoms with Gasteiger partial charge in [0.1, 0.15) is 0 Å². The van der Waals surface area contributed by atoms with E-state index in [1.54, 1.807) is 0 Å². The van der Waals surface area contributed by atoms with Crippen LogP contribution >= 0.6 is 15.9 Å². The fraction of sp³-hybridized carbons (Fsp3) is 0.714. The lowest BCUT2D eigenvalue weighted by Gasteiger charge is -2.32. The second kappa shape index (κ2) is 7.38. The van der Waals surface area contributed by atoms with E-state index in [1.807, 2.05) is 11.6 Å². The Bertz CT molecular complexity index is 504. The van der Waals surface area contributed by atoms with E-state index in [9.17, 15) is 4.79 Å². The Kier molecular flexibility index (Phi) is 5.78. The summed E-state index contributed by atoms with van der Waals surface area (Å²) in [5, 5.41) is 4.51. The highest BCUT2D eigenvalue weighted by Crippen LogP contribution is 2.23. The first-order chi connectivity index (χ1) is 10.0. The molecule has 2 rings (SSSR count). The number of carbonyl (C=O) groups excluding carboxylic acids is 1. The van der Waals surface area contributed by atoms with Crippen LogP contribution in [0, 0.1) is 6.92 Å². The van der Waals surface area contributed by atoms with Gasteiger partial charge in [-0.1, -0.05) is 0 Å². The van der Waals surface area contributed by atoms with Gasteiger partial charge in [0.2, 0.25) is 0 Å². The number of halogens is 1. The monoisotopic (exact) mass is 359 g/mol. The average Bonchev–Trinajstić information content (AvgIpc) is 2.75. The largest absolute Gasteiger partial charge is 0.469 e. The van der Waals surface area contributed by atoms with Crippen molar-refractivity contribution in [2.45, 2.75) is 39.5 Å². The molecule has 0 spiro atoms. The standard InChI is InChI=1S/C14H22BrN3O3/c1-4-18-12(14(15)10(2)16-18)9-17-5-6-21-11(8-17)7-13(19)20-3/h11H,4-9H2,1-3H3. The number of aryl methyl sites for hydroxylation is 2. The Balaban J connectivity index is 2.01. The maximum Gasteiger partial charge on any atom is 0.308 e. The Morgan fingerprint density at radius 1 is 1.57 bits per heavy atom. The van der Waals surface area contributed by atoms with Crippen molar-refractivity contribution in [3.05, 3.63) is 15.9 Å². The van der Waals surface area contributed by atoms with E-state index in [-0.39, 0.29) is 12.1 Å². The van der Waals surface area contributed by atoms with E-state index in [4.69, 9.17) is 9.47 Å². The number of carbonyl (C=O) groups is 1. The summed E-state index contributed by atoms with van der Waals surface area (Å²) in [5.41, 5.74) is 2.18. The summed E-state index contributed by atoms with van der Waals surface area (Å²) in [6.45, 7) is 7.96. The minimum atomic E-state index is -0.225. The molecule has 1 aromatic rings. The maximum atomic E-state index is 11.4. The summed E-state index contributed by atoms with van der Waals surface area (Å²) in [5.74, 6) is -0.225. The Labute approximate surface area is 133 Å². The number of hydrogen-bond donors (Lipinski definition) is 0. The van der Waals surface area contributed by atoms with E-state index < -0.39 is 0 Å². The highest BCUT2D eigenvalue weighted by Gasteiger charge is 2.25. The lowest BCUT2D eigenvalue weighted by molar-refractivity contribution is -0.145. The molecule has 2 heterocycles. The van der Waals surface area contributed by atoms with Gasteiger partial charge in [0.15, 0.2) is 0 Å². The van der Waals surface area contributed by atoms with Gasteiger partial charge in [-0.05, 0) is 29.8 Å². The van der Waals surface area contributed by atoms with Crippen LogP contribution in [0.5, 0.6) is 0 Å². The van der Waals surface area contributed by atoms with Crippen molar-refractivity contribution in [3.8, 4) is 0 Å². The number of hydrogen-bond acceptors (Lipinski definition) is 5. The van der Waals surface area contributed by atoms with E-state index in [0.717, 1.165) is 36.3 Å². The molecular weight excluding hydrogens is 338 g/mol.